The Morgan fingerprint density at radius 3 is 2.24 bits per heavy atom. The Balaban J connectivity index is 3.15. The van der Waals surface area contributed by atoms with Crippen LogP contribution in [0.15, 0.2) is 6.07 Å². The molecule has 0 saturated carbocycles. The summed E-state index contributed by atoms with van der Waals surface area (Å²) in [6.45, 7) is 0. The van der Waals surface area contributed by atoms with Crippen molar-refractivity contribution in [2.75, 3.05) is 7.11 Å². The van der Waals surface area contributed by atoms with E-state index < -0.39 is 18.2 Å². The van der Waals surface area contributed by atoms with E-state index in [4.69, 9.17) is 46.4 Å². The van der Waals surface area contributed by atoms with Gasteiger partial charge < -0.3 is 4.74 Å². The molecule has 0 unspecified atom stereocenters. The highest BCUT2D eigenvalue weighted by Crippen LogP contribution is 2.38. The molecule has 0 fully saturated rings. The van der Waals surface area contributed by atoms with Crippen LogP contribution in [0.25, 0.3) is 0 Å². The van der Waals surface area contributed by atoms with Crippen LogP contribution >= 0.6 is 46.4 Å². The molecular weight excluding hydrogens is 310 g/mol. The second kappa shape index (κ2) is 5.91. The van der Waals surface area contributed by atoms with Gasteiger partial charge in [0.2, 0.25) is 0 Å². The number of ketones is 1. The van der Waals surface area contributed by atoms with Crippen molar-refractivity contribution in [3.05, 3.63) is 31.7 Å². The second-order valence-electron chi connectivity index (χ2n) is 3.02. The summed E-state index contributed by atoms with van der Waals surface area (Å²) in [7, 11) is 1.18. The van der Waals surface area contributed by atoms with Gasteiger partial charge in [-0.1, -0.05) is 46.4 Å². The summed E-state index contributed by atoms with van der Waals surface area (Å²) in [5.74, 6) is -1.21. The van der Waals surface area contributed by atoms with E-state index in [1.54, 1.807) is 0 Å². The Morgan fingerprint density at radius 1 is 1.12 bits per heavy atom. The van der Waals surface area contributed by atoms with E-state index in [2.05, 4.69) is 4.74 Å². The quantitative estimate of drug-likeness (QED) is 0.278. The van der Waals surface area contributed by atoms with E-state index in [0.29, 0.717) is 0 Å². The summed E-state index contributed by atoms with van der Waals surface area (Å²) in [6, 6.07) is 1.27. The van der Waals surface area contributed by atoms with E-state index in [1.807, 2.05) is 0 Å². The van der Waals surface area contributed by atoms with Gasteiger partial charge in [0.25, 0.3) is 0 Å². The Bertz CT molecular complexity index is 485. The van der Waals surface area contributed by atoms with Crippen molar-refractivity contribution in [3.8, 4) is 0 Å². The molecule has 0 aromatic heterocycles. The van der Waals surface area contributed by atoms with Crippen molar-refractivity contribution in [2.45, 2.75) is 6.42 Å². The highest BCUT2D eigenvalue weighted by molar-refractivity contribution is 6.52. The summed E-state index contributed by atoms with van der Waals surface area (Å²) in [5.41, 5.74) is 0.0384. The van der Waals surface area contributed by atoms with Crippen LogP contribution in [0.4, 0.5) is 0 Å². The number of rotatable bonds is 3. The van der Waals surface area contributed by atoms with Gasteiger partial charge in [0, 0.05) is 5.56 Å². The lowest BCUT2D eigenvalue weighted by Gasteiger charge is -2.07. The zero-order valence-electron chi connectivity index (χ0n) is 8.52. The minimum absolute atomic E-state index is 0.0194. The highest BCUT2D eigenvalue weighted by atomic mass is 35.5. The predicted octanol–water partition coefficient (Wildman–Crippen LogP) is 4.05. The van der Waals surface area contributed by atoms with Crippen LogP contribution in [-0.2, 0) is 9.53 Å². The normalized spacial score (nSPS) is 10.2. The number of esters is 1. The van der Waals surface area contributed by atoms with Gasteiger partial charge in [-0.15, -0.1) is 0 Å². The van der Waals surface area contributed by atoms with Crippen molar-refractivity contribution in [1.29, 1.82) is 0 Å². The number of halogens is 4. The Kier molecular flexibility index (Phi) is 5.07. The molecular formula is C10H6Cl4O3. The van der Waals surface area contributed by atoms with Gasteiger partial charge in [-0.2, -0.15) is 0 Å². The maximum absolute atomic E-state index is 11.7. The molecule has 0 aliphatic rings. The van der Waals surface area contributed by atoms with Crippen LogP contribution in [0.1, 0.15) is 16.8 Å². The molecule has 92 valence electrons. The minimum atomic E-state index is -0.673. The maximum atomic E-state index is 11.7. The van der Waals surface area contributed by atoms with Gasteiger partial charge in [-0.25, -0.2) is 0 Å². The Hall–Kier alpha value is -0.480. The van der Waals surface area contributed by atoms with E-state index in [9.17, 15) is 9.59 Å². The fourth-order valence-corrected chi connectivity index (χ4v) is 1.98. The molecule has 1 rings (SSSR count). The first kappa shape index (κ1) is 14.6. The topological polar surface area (TPSA) is 43.4 Å². The van der Waals surface area contributed by atoms with Crippen molar-refractivity contribution in [3.63, 3.8) is 0 Å². The first-order valence-electron chi connectivity index (χ1n) is 4.31. The molecule has 17 heavy (non-hydrogen) atoms. The second-order valence-corrected chi connectivity index (χ2v) is 4.57. The number of hydrogen-bond acceptors (Lipinski definition) is 3. The molecule has 0 atom stereocenters. The number of methoxy groups -OCH3 is 1. The van der Waals surface area contributed by atoms with Crippen LogP contribution in [0.3, 0.4) is 0 Å². The third-order valence-corrected chi connectivity index (χ3v) is 3.69. The molecule has 0 saturated heterocycles. The number of carbonyl (C=O) groups excluding carboxylic acids is 2. The zero-order chi connectivity index (χ0) is 13.2. The molecule has 0 radical (unpaired) electrons. The van der Waals surface area contributed by atoms with Gasteiger partial charge in [0.1, 0.15) is 6.42 Å². The molecule has 0 amide bonds. The summed E-state index contributed by atoms with van der Waals surface area (Å²) in [4.78, 5) is 22.7. The molecule has 0 bridgehead atoms. The molecule has 1 aromatic carbocycles. The molecule has 0 aliphatic carbocycles. The lowest BCUT2D eigenvalue weighted by Crippen LogP contribution is -2.10. The number of ether oxygens (including phenoxy) is 1. The molecule has 3 nitrogen and oxygen atoms in total. The fraction of sp³-hybridized carbons (Fsp3) is 0.200. The smallest absolute Gasteiger partial charge is 0.313 e. The maximum Gasteiger partial charge on any atom is 0.313 e. The number of hydrogen-bond donors (Lipinski definition) is 0. The number of carbonyl (C=O) groups is 2. The average Bonchev–Trinajstić information content (AvgIpc) is 2.30. The summed E-state index contributed by atoms with van der Waals surface area (Å²) in [6.07, 6.45) is -0.440. The first-order valence-corrected chi connectivity index (χ1v) is 5.82. The van der Waals surface area contributed by atoms with Crippen LogP contribution in [0, 0.1) is 0 Å². The average molecular weight is 316 g/mol. The van der Waals surface area contributed by atoms with Crippen LogP contribution in [-0.4, -0.2) is 18.9 Å². The molecule has 7 heteroatoms. The van der Waals surface area contributed by atoms with E-state index >= 15 is 0 Å². The summed E-state index contributed by atoms with van der Waals surface area (Å²) >= 11 is 23.1. The summed E-state index contributed by atoms with van der Waals surface area (Å²) in [5, 5.41) is 0.103. The molecule has 0 heterocycles. The lowest BCUT2D eigenvalue weighted by molar-refractivity contribution is -0.139. The summed E-state index contributed by atoms with van der Waals surface area (Å²) < 4.78 is 4.37. The molecule has 0 spiro atoms. The van der Waals surface area contributed by atoms with Gasteiger partial charge in [0.15, 0.2) is 5.78 Å². The Labute approximate surface area is 118 Å². The van der Waals surface area contributed by atoms with Gasteiger partial charge in [0.05, 0.1) is 27.2 Å². The number of Topliss-reactive ketones (excluding diaryl/α,β-unsaturated/α-hetero) is 1. The largest absolute Gasteiger partial charge is 0.469 e. The van der Waals surface area contributed by atoms with Crippen molar-refractivity contribution >= 4 is 58.2 Å². The van der Waals surface area contributed by atoms with E-state index in [0.717, 1.165) is 0 Å². The van der Waals surface area contributed by atoms with Gasteiger partial charge >= 0.3 is 5.97 Å². The minimum Gasteiger partial charge on any atom is -0.469 e. The fourth-order valence-electron chi connectivity index (χ4n) is 1.07. The number of benzene rings is 1. The Morgan fingerprint density at radius 2 is 1.71 bits per heavy atom. The van der Waals surface area contributed by atoms with Crippen LogP contribution < -0.4 is 0 Å². The SMILES string of the molecule is COC(=O)CC(=O)c1cc(Cl)c(Cl)c(Cl)c1Cl. The molecule has 0 N–H and O–H groups in total. The first-order chi connectivity index (χ1) is 7.88. The highest BCUT2D eigenvalue weighted by Gasteiger charge is 2.20. The third-order valence-electron chi connectivity index (χ3n) is 1.94. The zero-order valence-corrected chi connectivity index (χ0v) is 11.5. The van der Waals surface area contributed by atoms with Crippen molar-refractivity contribution < 1.29 is 14.3 Å². The van der Waals surface area contributed by atoms with Crippen molar-refractivity contribution in [1.82, 2.24) is 0 Å². The van der Waals surface area contributed by atoms with Crippen molar-refractivity contribution in [2.24, 2.45) is 0 Å². The standard InChI is InChI=1S/C10H6Cl4O3/c1-17-7(16)3-6(15)4-2-5(11)9(13)10(14)8(4)12/h2H,3H2,1H3. The van der Waals surface area contributed by atoms with E-state index in [-0.39, 0.29) is 25.7 Å². The van der Waals surface area contributed by atoms with Crippen LogP contribution in [0.2, 0.25) is 20.1 Å². The van der Waals surface area contributed by atoms with Gasteiger partial charge in [-0.05, 0) is 6.07 Å². The monoisotopic (exact) mass is 314 g/mol. The lowest BCUT2D eigenvalue weighted by atomic mass is 10.1. The molecule has 1 aromatic rings. The predicted molar refractivity (Wildman–Crippen MR) is 67.4 cm³/mol. The van der Waals surface area contributed by atoms with Gasteiger partial charge in [-0.3, -0.25) is 9.59 Å². The molecule has 0 aliphatic heterocycles. The van der Waals surface area contributed by atoms with Crippen LogP contribution in [0.5, 0.6) is 0 Å². The van der Waals surface area contributed by atoms with E-state index in [1.165, 1.54) is 13.2 Å². The third kappa shape index (κ3) is 3.26.